The van der Waals surface area contributed by atoms with Crippen LogP contribution >= 0.6 is 0 Å². The predicted molar refractivity (Wildman–Crippen MR) is 81.2 cm³/mol. The van der Waals surface area contributed by atoms with Crippen LogP contribution in [-0.2, 0) is 14.8 Å². The van der Waals surface area contributed by atoms with E-state index < -0.39 is 15.6 Å². The maximum atomic E-state index is 13.0. The molecule has 1 heterocycles. The third-order valence-electron chi connectivity index (χ3n) is 3.35. The Morgan fingerprint density at radius 1 is 1.38 bits per heavy atom. The molecule has 0 atom stereocenters. The van der Waals surface area contributed by atoms with Crippen LogP contribution in [0.5, 0.6) is 0 Å². The molecule has 6 heteroatoms. The minimum atomic E-state index is -3.62. The highest BCUT2D eigenvalue weighted by Crippen LogP contribution is 2.28. The van der Waals surface area contributed by atoms with Gasteiger partial charge in [-0.1, -0.05) is 24.0 Å². The molecular weight excluding hydrogens is 288 g/mol. The third-order valence-corrected chi connectivity index (χ3v) is 5.52. The van der Waals surface area contributed by atoms with Gasteiger partial charge in [0.1, 0.15) is 0 Å². The molecule has 0 radical (unpaired) electrons. The zero-order valence-corrected chi connectivity index (χ0v) is 13.1. The van der Waals surface area contributed by atoms with E-state index in [9.17, 15) is 8.42 Å². The van der Waals surface area contributed by atoms with Gasteiger partial charge in [0.15, 0.2) is 0 Å². The molecule has 0 aromatic heterocycles. The molecule has 1 aromatic carbocycles. The van der Waals surface area contributed by atoms with Crippen LogP contribution in [0.2, 0.25) is 0 Å². The zero-order chi connectivity index (χ0) is 15.5. The molecule has 0 saturated carbocycles. The van der Waals surface area contributed by atoms with Crippen molar-refractivity contribution in [2.24, 2.45) is 5.73 Å². The highest BCUT2D eigenvalue weighted by Gasteiger charge is 2.40. The van der Waals surface area contributed by atoms with Gasteiger partial charge in [0.2, 0.25) is 10.0 Å². The molecule has 1 fully saturated rings. The Kier molecular flexibility index (Phi) is 4.69. The van der Waals surface area contributed by atoms with Crippen LogP contribution in [0.15, 0.2) is 29.2 Å². The molecule has 0 unspecified atom stereocenters. The van der Waals surface area contributed by atoms with Gasteiger partial charge in [-0.25, -0.2) is 8.42 Å². The van der Waals surface area contributed by atoms with Gasteiger partial charge >= 0.3 is 0 Å². The summed E-state index contributed by atoms with van der Waals surface area (Å²) in [6.07, 6.45) is 0. The maximum absolute atomic E-state index is 13.0. The lowest BCUT2D eigenvalue weighted by Gasteiger charge is -2.40. The molecule has 1 aliphatic rings. The largest absolute Gasteiger partial charge is 0.378 e. The van der Waals surface area contributed by atoms with E-state index in [0.717, 1.165) is 0 Å². The van der Waals surface area contributed by atoms with Crippen molar-refractivity contribution in [2.45, 2.75) is 24.3 Å². The molecule has 0 spiro atoms. The number of morpholine rings is 1. The summed E-state index contributed by atoms with van der Waals surface area (Å²) in [5, 5.41) is 0. The van der Waals surface area contributed by atoms with Crippen molar-refractivity contribution in [1.29, 1.82) is 0 Å². The zero-order valence-electron chi connectivity index (χ0n) is 12.3. The summed E-state index contributed by atoms with van der Waals surface area (Å²) in [7, 11) is -3.62. The van der Waals surface area contributed by atoms with Gasteiger partial charge in [-0.15, -0.1) is 0 Å². The summed E-state index contributed by atoms with van der Waals surface area (Å²) in [6.45, 7) is 5.03. The average molecular weight is 308 g/mol. The molecule has 1 saturated heterocycles. The van der Waals surface area contributed by atoms with Crippen molar-refractivity contribution in [3.63, 3.8) is 0 Å². The molecular formula is C15H20N2O3S. The Hall–Kier alpha value is -1.39. The van der Waals surface area contributed by atoms with Crippen LogP contribution in [0.25, 0.3) is 0 Å². The summed E-state index contributed by atoms with van der Waals surface area (Å²) in [6, 6.07) is 6.75. The average Bonchev–Trinajstić information content (AvgIpc) is 2.44. The fraction of sp³-hybridized carbons (Fsp3) is 0.467. The number of ether oxygens (including phenoxy) is 1. The van der Waals surface area contributed by atoms with Crippen LogP contribution in [0, 0.1) is 11.8 Å². The number of rotatable bonds is 2. The molecule has 2 rings (SSSR count). The van der Waals surface area contributed by atoms with Crippen LogP contribution < -0.4 is 5.73 Å². The van der Waals surface area contributed by atoms with E-state index in [4.69, 9.17) is 10.5 Å². The first-order chi connectivity index (χ1) is 9.89. The van der Waals surface area contributed by atoms with Crippen LogP contribution in [0.1, 0.15) is 19.4 Å². The molecule has 114 valence electrons. The monoisotopic (exact) mass is 308 g/mol. The fourth-order valence-corrected chi connectivity index (χ4v) is 4.25. The molecule has 2 N–H and O–H groups in total. The van der Waals surface area contributed by atoms with E-state index in [1.54, 1.807) is 24.3 Å². The SMILES string of the molecule is CC1(C)COCCN1S(=O)(=O)c1ccccc1C#CCN. The van der Waals surface area contributed by atoms with E-state index in [-0.39, 0.29) is 11.4 Å². The van der Waals surface area contributed by atoms with Crippen molar-refractivity contribution < 1.29 is 13.2 Å². The van der Waals surface area contributed by atoms with Gasteiger partial charge in [0.25, 0.3) is 0 Å². The van der Waals surface area contributed by atoms with E-state index in [1.807, 2.05) is 13.8 Å². The molecule has 0 amide bonds. The van der Waals surface area contributed by atoms with E-state index in [2.05, 4.69) is 11.8 Å². The van der Waals surface area contributed by atoms with Gasteiger partial charge in [-0.05, 0) is 26.0 Å². The number of nitrogens with two attached hydrogens (primary N) is 1. The normalized spacial score (nSPS) is 18.8. The lowest BCUT2D eigenvalue weighted by atomic mass is 10.1. The second-order valence-corrected chi connectivity index (χ2v) is 7.27. The van der Waals surface area contributed by atoms with Gasteiger partial charge in [-0.2, -0.15) is 4.31 Å². The van der Waals surface area contributed by atoms with Crippen LogP contribution in [0.4, 0.5) is 0 Å². The minimum absolute atomic E-state index is 0.192. The minimum Gasteiger partial charge on any atom is -0.378 e. The van der Waals surface area contributed by atoms with Crippen molar-refractivity contribution in [3.05, 3.63) is 29.8 Å². The lowest BCUT2D eigenvalue weighted by Crippen LogP contribution is -2.55. The number of hydrogen-bond acceptors (Lipinski definition) is 4. The molecule has 1 aliphatic heterocycles. The topological polar surface area (TPSA) is 72.6 Å². The van der Waals surface area contributed by atoms with E-state index >= 15 is 0 Å². The standard InChI is InChI=1S/C15H20N2O3S/c1-15(2)12-20-11-10-17(15)21(18,19)14-8-4-3-6-13(14)7-5-9-16/h3-4,6,8H,9-12,16H2,1-2H3. The maximum Gasteiger partial charge on any atom is 0.244 e. The molecule has 0 aliphatic carbocycles. The summed E-state index contributed by atoms with van der Waals surface area (Å²) in [4.78, 5) is 0.223. The number of benzene rings is 1. The highest BCUT2D eigenvalue weighted by atomic mass is 32.2. The third kappa shape index (κ3) is 3.27. The summed E-state index contributed by atoms with van der Waals surface area (Å²) in [5.74, 6) is 5.54. The highest BCUT2D eigenvalue weighted by molar-refractivity contribution is 7.89. The van der Waals surface area contributed by atoms with Crippen molar-refractivity contribution >= 4 is 10.0 Å². The van der Waals surface area contributed by atoms with Crippen LogP contribution in [0.3, 0.4) is 0 Å². The molecule has 5 nitrogen and oxygen atoms in total. The number of sulfonamides is 1. The number of hydrogen-bond donors (Lipinski definition) is 1. The first kappa shape index (κ1) is 16.0. The summed E-state index contributed by atoms with van der Waals surface area (Å²) in [5.41, 5.74) is 5.27. The van der Waals surface area contributed by atoms with Crippen LogP contribution in [-0.4, -0.2) is 44.6 Å². The Labute approximate surface area is 126 Å². The molecule has 0 bridgehead atoms. The van der Waals surface area contributed by atoms with Gasteiger partial charge < -0.3 is 10.5 Å². The van der Waals surface area contributed by atoms with Gasteiger partial charge in [0.05, 0.1) is 30.2 Å². The fourth-order valence-electron chi connectivity index (χ4n) is 2.35. The Morgan fingerprint density at radius 2 is 2.10 bits per heavy atom. The first-order valence-electron chi connectivity index (χ1n) is 6.78. The summed E-state index contributed by atoms with van der Waals surface area (Å²) < 4.78 is 32.8. The molecule has 1 aromatic rings. The Balaban J connectivity index is 2.49. The number of nitrogens with zero attached hydrogens (tertiary/aromatic N) is 1. The second kappa shape index (κ2) is 6.16. The quantitative estimate of drug-likeness (QED) is 0.820. The van der Waals surface area contributed by atoms with E-state index in [1.165, 1.54) is 4.31 Å². The van der Waals surface area contributed by atoms with Crippen molar-refractivity contribution in [3.8, 4) is 11.8 Å². The van der Waals surface area contributed by atoms with E-state index in [0.29, 0.717) is 25.3 Å². The predicted octanol–water partition coefficient (Wildman–Crippen LogP) is 0.796. The Morgan fingerprint density at radius 3 is 2.76 bits per heavy atom. The lowest BCUT2D eigenvalue weighted by molar-refractivity contribution is -0.00771. The Bertz CT molecular complexity index is 672. The van der Waals surface area contributed by atoms with Gasteiger partial charge in [-0.3, -0.25) is 0 Å². The van der Waals surface area contributed by atoms with Crippen molar-refractivity contribution in [1.82, 2.24) is 4.31 Å². The smallest absolute Gasteiger partial charge is 0.244 e. The second-order valence-electron chi connectivity index (χ2n) is 5.44. The van der Waals surface area contributed by atoms with Crippen molar-refractivity contribution in [2.75, 3.05) is 26.3 Å². The molecule has 21 heavy (non-hydrogen) atoms. The van der Waals surface area contributed by atoms with Gasteiger partial charge in [0, 0.05) is 12.1 Å². The summed E-state index contributed by atoms with van der Waals surface area (Å²) >= 11 is 0. The first-order valence-corrected chi connectivity index (χ1v) is 8.22.